The number of hydrogen-bond acceptors (Lipinski definition) is 6. The van der Waals surface area contributed by atoms with Gasteiger partial charge in [0.2, 0.25) is 5.95 Å². The SMILES string of the molecule is Fc1ccc(Cn2nnc3cc(-c4ccnc(NC5CCOCC5)n4)ccc32)cc1. The molecule has 0 atom stereocenters. The Labute approximate surface area is 172 Å². The highest BCUT2D eigenvalue weighted by Crippen LogP contribution is 2.23. The van der Waals surface area contributed by atoms with Gasteiger partial charge in [0.05, 0.1) is 17.8 Å². The lowest BCUT2D eigenvalue weighted by Gasteiger charge is -2.23. The number of aromatic nitrogens is 5. The van der Waals surface area contributed by atoms with Gasteiger partial charge in [-0.15, -0.1) is 5.10 Å². The smallest absolute Gasteiger partial charge is 0.223 e. The van der Waals surface area contributed by atoms with Crippen LogP contribution in [0.4, 0.5) is 10.3 Å². The number of benzene rings is 2. The summed E-state index contributed by atoms with van der Waals surface area (Å²) in [7, 11) is 0. The second-order valence-electron chi connectivity index (χ2n) is 7.37. The Hall–Kier alpha value is -3.39. The van der Waals surface area contributed by atoms with Crippen molar-refractivity contribution in [2.45, 2.75) is 25.4 Å². The predicted octanol–water partition coefficient (Wildman–Crippen LogP) is 3.67. The molecule has 0 unspecified atom stereocenters. The number of rotatable bonds is 5. The van der Waals surface area contributed by atoms with E-state index in [-0.39, 0.29) is 5.82 Å². The number of anilines is 1. The third kappa shape index (κ3) is 3.99. The number of nitrogens with zero attached hydrogens (tertiary/aromatic N) is 5. The van der Waals surface area contributed by atoms with Crippen molar-refractivity contribution in [3.8, 4) is 11.3 Å². The van der Waals surface area contributed by atoms with Crippen molar-refractivity contribution in [1.82, 2.24) is 25.0 Å². The molecule has 1 aliphatic heterocycles. The standard InChI is InChI=1S/C22H21FN6O/c23-17-4-1-15(2-5-17)14-29-21-6-3-16(13-20(21)27-28-29)19-7-10-24-22(26-19)25-18-8-11-30-12-9-18/h1-7,10,13,18H,8-9,11-12,14H2,(H,24,25,26). The summed E-state index contributed by atoms with van der Waals surface area (Å²) < 4.78 is 20.3. The minimum absolute atomic E-state index is 0.248. The van der Waals surface area contributed by atoms with Crippen molar-refractivity contribution < 1.29 is 9.13 Å². The molecule has 4 aromatic rings. The van der Waals surface area contributed by atoms with Gasteiger partial charge < -0.3 is 10.1 Å². The van der Waals surface area contributed by atoms with Crippen molar-refractivity contribution >= 4 is 17.0 Å². The van der Waals surface area contributed by atoms with E-state index in [1.54, 1.807) is 18.3 Å². The second-order valence-corrected chi connectivity index (χ2v) is 7.37. The van der Waals surface area contributed by atoms with E-state index in [1.165, 1.54) is 12.1 Å². The van der Waals surface area contributed by atoms with Gasteiger partial charge >= 0.3 is 0 Å². The van der Waals surface area contributed by atoms with Crippen LogP contribution in [0.2, 0.25) is 0 Å². The Morgan fingerprint density at radius 2 is 1.90 bits per heavy atom. The molecule has 1 fully saturated rings. The molecule has 1 saturated heterocycles. The molecule has 2 aromatic heterocycles. The third-order valence-electron chi connectivity index (χ3n) is 5.27. The van der Waals surface area contributed by atoms with E-state index in [1.807, 2.05) is 28.9 Å². The zero-order valence-electron chi connectivity index (χ0n) is 16.3. The topological polar surface area (TPSA) is 77.8 Å². The molecule has 5 rings (SSSR count). The van der Waals surface area contributed by atoms with Crippen LogP contribution in [0, 0.1) is 5.82 Å². The lowest BCUT2D eigenvalue weighted by molar-refractivity contribution is 0.0903. The van der Waals surface area contributed by atoms with Crippen LogP contribution in [0.25, 0.3) is 22.3 Å². The number of fused-ring (bicyclic) bond motifs is 1. The first-order chi connectivity index (χ1) is 14.7. The molecule has 0 saturated carbocycles. The van der Waals surface area contributed by atoms with Gasteiger partial charge in [-0.05, 0) is 48.7 Å². The maximum atomic E-state index is 13.1. The molecule has 152 valence electrons. The Kier molecular flexibility index (Phi) is 5.06. The summed E-state index contributed by atoms with van der Waals surface area (Å²) in [4.78, 5) is 9.03. The first-order valence-corrected chi connectivity index (χ1v) is 10.00. The van der Waals surface area contributed by atoms with E-state index < -0.39 is 0 Å². The van der Waals surface area contributed by atoms with Crippen LogP contribution < -0.4 is 5.32 Å². The summed E-state index contributed by atoms with van der Waals surface area (Å²) in [5, 5.41) is 12.0. The minimum atomic E-state index is -0.248. The van der Waals surface area contributed by atoms with Gasteiger partial charge in [-0.25, -0.2) is 19.0 Å². The molecule has 0 aliphatic carbocycles. The van der Waals surface area contributed by atoms with E-state index in [0.29, 0.717) is 18.5 Å². The summed E-state index contributed by atoms with van der Waals surface area (Å²) in [6.45, 7) is 2.06. The minimum Gasteiger partial charge on any atom is -0.381 e. The van der Waals surface area contributed by atoms with E-state index in [2.05, 4.69) is 25.6 Å². The first kappa shape index (κ1) is 18.6. The zero-order chi connectivity index (χ0) is 20.3. The van der Waals surface area contributed by atoms with Crippen molar-refractivity contribution in [3.63, 3.8) is 0 Å². The van der Waals surface area contributed by atoms with Crippen molar-refractivity contribution in [2.75, 3.05) is 18.5 Å². The number of nitrogens with one attached hydrogen (secondary N) is 1. The molecular formula is C22H21FN6O. The van der Waals surface area contributed by atoms with Crippen molar-refractivity contribution in [2.24, 2.45) is 0 Å². The lowest BCUT2D eigenvalue weighted by Crippen LogP contribution is -2.28. The monoisotopic (exact) mass is 404 g/mol. The van der Waals surface area contributed by atoms with E-state index in [4.69, 9.17) is 4.74 Å². The Balaban J connectivity index is 1.37. The maximum Gasteiger partial charge on any atom is 0.223 e. The fraction of sp³-hybridized carbons (Fsp3) is 0.273. The summed E-state index contributed by atoms with van der Waals surface area (Å²) in [5.74, 6) is 0.377. The molecule has 0 spiro atoms. The summed E-state index contributed by atoms with van der Waals surface area (Å²) in [5.41, 5.74) is 4.44. The number of hydrogen-bond donors (Lipinski definition) is 1. The van der Waals surface area contributed by atoms with E-state index in [9.17, 15) is 4.39 Å². The van der Waals surface area contributed by atoms with Crippen LogP contribution in [0.3, 0.4) is 0 Å². The molecular weight excluding hydrogens is 383 g/mol. The molecule has 0 radical (unpaired) electrons. The van der Waals surface area contributed by atoms with Gasteiger partial charge in [0, 0.05) is 31.0 Å². The highest BCUT2D eigenvalue weighted by atomic mass is 19.1. The van der Waals surface area contributed by atoms with Crippen molar-refractivity contribution in [3.05, 3.63) is 66.1 Å². The molecule has 30 heavy (non-hydrogen) atoms. The highest BCUT2D eigenvalue weighted by molar-refractivity contribution is 5.80. The highest BCUT2D eigenvalue weighted by Gasteiger charge is 2.15. The summed E-state index contributed by atoms with van der Waals surface area (Å²) in [6.07, 6.45) is 3.67. The van der Waals surface area contributed by atoms with Crippen LogP contribution in [-0.2, 0) is 11.3 Å². The maximum absolute atomic E-state index is 13.1. The van der Waals surface area contributed by atoms with Crippen LogP contribution in [0.5, 0.6) is 0 Å². The quantitative estimate of drug-likeness (QED) is 0.547. The molecule has 1 aliphatic rings. The fourth-order valence-corrected chi connectivity index (χ4v) is 3.62. The Bertz CT molecular complexity index is 1150. The van der Waals surface area contributed by atoms with Gasteiger partial charge in [-0.2, -0.15) is 0 Å². The molecule has 1 N–H and O–H groups in total. The molecule has 3 heterocycles. The first-order valence-electron chi connectivity index (χ1n) is 10.00. The van der Waals surface area contributed by atoms with E-state index >= 15 is 0 Å². The van der Waals surface area contributed by atoms with Gasteiger partial charge in [0.15, 0.2) is 0 Å². The normalized spacial score (nSPS) is 14.8. The number of ether oxygens (including phenoxy) is 1. The van der Waals surface area contributed by atoms with Crippen LogP contribution in [0.15, 0.2) is 54.7 Å². The van der Waals surface area contributed by atoms with Crippen LogP contribution in [-0.4, -0.2) is 44.2 Å². The lowest BCUT2D eigenvalue weighted by atomic mass is 10.1. The Morgan fingerprint density at radius 1 is 1.07 bits per heavy atom. The largest absolute Gasteiger partial charge is 0.381 e. The summed E-state index contributed by atoms with van der Waals surface area (Å²) >= 11 is 0. The fourth-order valence-electron chi connectivity index (χ4n) is 3.62. The molecule has 2 aromatic carbocycles. The average molecular weight is 404 g/mol. The van der Waals surface area contributed by atoms with E-state index in [0.717, 1.165) is 53.9 Å². The predicted molar refractivity (Wildman–Crippen MR) is 112 cm³/mol. The zero-order valence-corrected chi connectivity index (χ0v) is 16.3. The third-order valence-corrected chi connectivity index (χ3v) is 5.27. The molecule has 0 bridgehead atoms. The second kappa shape index (κ2) is 8.16. The molecule has 7 nitrogen and oxygen atoms in total. The van der Waals surface area contributed by atoms with Crippen LogP contribution in [0.1, 0.15) is 18.4 Å². The van der Waals surface area contributed by atoms with Gasteiger partial charge in [0.1, 0.15) is 11.3 Å². The van der Waals surface area contributed by atoms with Crippen molar-refractivity contribution in [1.29, 1.82) is 0 Å². The average Bonchev–Trinajstić information content (AvgIpc) is 3.18. The molecule has 0 amide bonds. The van der Waals surface area contributed by atoms with Gasteiger partial charge in [0.25, 0.3) is 0 Å². The van der Waals surface area contributed by atoms with Gasteiger partial charge in [-0.3, -0.25) is 0 Å². The Morgan fingerprint density at radius 3 is 2.73 bits per heavy atom. The van der Waals surface area contributed by atoms with Gasteiger partial charge in [-0.1, -0.05) is 23.4 Å². The van der Waals surface area contributed by atoms with Crippen LogP contribution >= 0.6 is 0 Å². The molecule has 8 heteroatoms. The summed E-state index contributed by atoms with van der Waals surface area (Å²) in [6, 6.07) is 14.6. The number of halogens is 1.